The molecule has 0 unspecified atom stereocenters. The highest BCUT2D eigenvalue weighted by Gasteiger charge is 2.07. The van der Waals surface area contributed by atoms with Gasteiger partial charge in [-0.1, -0.05) is 153 Å². The third-order valence-corrected chi connectivity index (χ3v) is 9.38. The molecule has 2 nitrogen and oxygen atoms in total. The van der Waals surface area contributed by atoms with Gasteiger partial charge in [-0.2, -0.15) is 0 Å². The summed E-state index contributed by atoms with van der Waals surface area (Å²) in [5.74, 6) is 0. The Labute approximate surface area is 298 Å². The van der Waals surface area contributed by atoms with Crippen LogP contribution in [0.5, 0.6) is 0 Å². The fraction of sp³-hybridized carbons (Fsp3) is 0.822. The SMILES string of the molecule is CCCCC/C=C\C/C=C\CCCCCCCCN(CCCCCCCC/C=C\C/C=C\CCCCC)CCCN(CCC)CCC. The van der Waals surface area contributed by atoms with Gasteiger partial charge >= 0.3 is 0 Å². The lowest BCUT2D eigenvalue weighted by Crippen LogP contribution is -2.32. The van der Waals surface area contributed by atoms with Gasteiger partial charge in [0.15, 0.2) is 0 Å². The van der Waals surface area contributed by atoms with Crippen LogP contribution in [0.15, 0.2) is 48.6 Å². The first-order valence-corrected chi connectivity index (χ1v) is 21.3. The van der Waals surface area contributed by atoms with Gasteiger partial charge in [0.25, 0.3) is 0 Å². The third kappa shape index (κ3) is 37.5. The summed E-state index contributed by atoms with van der Waals surface area (Å²) < 4.78 is 0. The van der Waals surface area contributed by atoms with E-state index in [2.05, 4.69) is 86.1 Å². The van der Waals surface area contributed by atoms with Crippen LogP contribution in [0.3, 0.4) is 0 Å². The predicted octanol–water partition coefficient (Wildman–Crippen LogP) is 14.4. The summed E-state index contributed by atoms with van der Waals surface area (Å²) in [6, 6.07) is 0. The van der Waals surface area contributed by atoms with Crippen LogP contribution in [0.1, 0.15) is 201 Å². The summed E-state index contributed by atoms with van der Waals surface area (Å²) in [5, 5.41) is 0. The number of hydrogen-bond acceptors (Lipinski definition) is 2. The van der Waals surface area contributed by atoms with Gasteiger partial charge in [0.05, 0.1) is 0 Å². The Kier molecular flexibility index (Phi) is 40.1. The molecule has 0 fully saturated rings. The number of unbranched alkanes of at least 4 members (excludes halogenated alkanes) is 18. The summed E-state index contributed by atoms with van der Waals surface area (Å²) >= 11 is 0. The van der Waals surface area contributed by atoms with Crippen molar-refractivity contribution < 1.29 is 0 Å². The van der Waals surface area contributed by atoms with E-state index in [0.29, 0.717) is 0 Å². The maximum absolute atomic E-state index is 2.82. The van der Waals surface area contributed by atoms with Crippen molar-refractivity contribution in [3.8, 4) is 0 Å². The zero-order valence-corrected chi connectivity index (χ0v) is 32.8. The average molecular weight is 655 g/mol. The summed E-state index contributed by atoms with van der Waals surface area (Å²) in [6.45, 7) is 17.0. The second kappa shape index (κ2) is 41.1. The summed E-state index contributed by atoms with van der Waals surface area (Å²) in [7, 11) is 0. The average Bonchev–Trinajstić information content (AvgIpc) is 3.07. The Balaban J connectivity index is 4.06. The van der Waals surface area contributed by atoms with E-state index in [1.165, 1.54) is 200 Å². The number of allylic oxidation sites excluding steroid dienone is 8. The summed E-state index contributed by atoms with van der Waals surface area (Å²) in [4.78, 5) is 5.52. The van der Waals surface area contributed by atoms with Crippen molar-refractivity contribution >= 4 is 0 Å². The lowest BCUT2D eigenvalue weighted by Gasteiger charge is -2.25. The molecule has 0 saturated heterocycles. The molecule has 2 heteroatoms. The van der Waals surface area contributed by atoms with Crippen LogP contribution >= 0.6 is 0 Å². The van der Waals surface area contributed by atoms with Gasteiger partial charge in [-0.05, 0) is 136 Å². The molecule has 0 saturated carbocycles. The van der Waals surface area contributed by atoms with Crippen LogP contribution in [0.4, 0.5) is 0 Å². The minimum absolute atomic E-state index is 1.12. The molecule has 0 spiro atoms. The van der Waals surface area contributed by atoms with Crippen molar-refractivity contribution in [1.29, 1.82) is 0 Å². The van der Waals surface area contributed by atoms with Crippen molar-refractivity contribution in [1.82, 2.24) is 9.80 Å². The predicted molar refractivity (Wildman–Crippen MR) is 217 cm³/mol. The lowest BCUT2D eigenvalue weighted by molar-refractivity contribution is 0.220. The van der Waals surface area contributed by atoms with Gasteiger partial charge in [-0.15, -0.1) is 0 Å². The van der Waals surface area contributed by atoms with Crippen molar-refractivity contribution in [2.75, 3.05) is 39.3 Å². The van der Waals surface area contributed by atoms with Gasteiger partial charge in [0, 0.05) is 0 Å². The molecule has 47 heavy (non-hydrogen) atoms. The van der Waals surface area contributed by atoms with Crippen molar-refractivity contribution in [3.63, 3.8) is 0 Å². The Morgan fingerprint density at radius 2 is 0.553 bits per heavy atom. The molecule has 276 valence electrons. The molecule has 0 aromatic heterocycles. The zero-order chi connectivity index (χ0) is 34.1. The van der Waals surface area contributed by atoms with Crippen LogP contribution in [0.2, 0.25) is 0 Å². The molecule has 0 aliphatic heterocycles. The van der Waals surface area contributed by atoms with E-state index in [1.807, 2.05) is 0 Å². The van der Waals surface area contributed by atoms with Crippen LogP contribution in [-0.4, -0.2) is 49.1 Å². The van der Waals surface area contributed by atoms with E-state index in [0.717, 1.165) is 12.8 Å². The molecule has 0 aliphatic carbocycles. The molecule has 0 radical (unpaired) electrons. The molecular formula is C45H86N2. The van der Waals surface area contributed by atoms with Crippen molar-refractivity contribution in [2.45, 2.75) is 201 Å². The molecule has 0 heterocycles. The zero-order valence-electron chi connectivity index (χ0n) is 32.8. The van der Waals surface area contributed by atoms with E-state index in [4.69, 9.17) is 0 Å². The van der Waals surface area contributed by atoms with Crippen LogP contribution < -0.4 is 0 Å². The van der Waals surface area contributed by atoms with Gasteiger partial charge in [-0.3, -0.25) is 0 Å². The minimum Gasteiger partial charge on any atom is -0.303 e. The number of rotatable bonds is 38. The van der Waals surface area contributed by atoms with Crippen LogP contribution in [0.25, 0.3) is 0 Å². The largest absolute Gasteiger partial charge is 0.303 e. The second-order valence-electron chi connectivity index (χ2n) is 14.2. The Bertz CT molecular complexity index is 636. The first-order chi connectivity index (χ1) is 23.3. The van der Waals surface area contributed by atoms with Crippen molar-refractivity contribution in [2.24, 2.45) is 0 Å². The number of hydrogen-bond donors (Lipinski definition) is 0. The van der Waals surface area contributed by atoms with Gasteiger partial charge in [-0.25, -0.2) is 0 Å². The fourth-order valence-corrected chi connectivity index (χ4v) is 6.47. The van der Waals surface area contributed by atoms with E-state index >= 15 is 0 Å². The smallest absolute Gasteiger partial charge is 0.000655 e. The Morgan fingerprint density at radius 1 is 0.255 bits per heavy atom. The van der Waals surface area contributed by atoms with E-state index < -0.39 is 0 Å². The normalized spacial score (nSPS) is 12.6. The Morgan fingerprint density at radius 3 is 0.915 bits per heavy atom. The maximum atomic E-state index is 2.82. The van der Waals surface area contributed by atoms with Crippen LogP contribution in [-0.2, 0) is 0 Å². The van der Waals surface area contributed by atoms with E-state index in [9.17, 15) is 0 Å². The molecule has 0 aliphatic rings. The highest BCUT2D eigenvalue weighted by Crippen LogP contribution is 2.12. The van der Waals surface area contributed by atoms with Crippen molar-refractivity contribution in [3.05, 3.63) is 48.6 Å². The monoisotopic (exact) mass is 655 g/mol. The van der Waals surface area contributed by atoms with Gasteiger partial charge < -0.3 is 9.80 Å². The minimum atomic E-state index is 1.12. The highest BCUT2D eigenvalue weighted by atomic mass is 15.1. The third-order valence-electron chi connectivity index (χ3n) is 9.38. The Hall–Kier alpha value is -1.12. The first-order valence-electron chi connectivity index (χ1n) is 21.3. The molecule has 0 aromatic rings. The quantitative estimate of drug-likeness (QED) is 0.0483. The topological polar surface area (TPSA) is 6.48 Å². The molecule has 0 rings (SSSR count). The van der Waals surface area contributed by atoms with Crippen LogP contribution in [0, 0.1) is 0 Å². The molecule has 0 amide bonds. The standard InChI is InChI=1S/C45H86N2/c1-5-9-11-13-15-17-19-21-23-25-27-29-31-33-35-37-42-47(45-39-44-46(40-7-3)41-8-4)43-38-36-34-32-30-28-26-24-22-20-18-16-14-12-10-6-2/h15-18,21-24H,5-14,19-20,25-45H2,1-4H3/b17-15-,18-16-,23-21-,24-22-. The van der Waals surface area contributed by atoms with Gasteiger partial charge in [0.1, 0.15) is 0 Å². The second-order valence-corrected chi connectivity index (χ2v) is 14.2. The van der Waals surface area contributed by atoms with E-state index in [-0.39, 0.29) is 0 Å². The molecule has 0 aromatic carbocycles. The van der Waals surface area contributed by atoms with Gasteiger partial charge in [0.2, 0.25) is 0 Å². The van der Waals surface area contributed by atoms with E-state index in [1.54, 1.807) is 0 Å². The molecule has 0 N–H and O–H groups in total. The summed E-state index contributed by atoms with van der Waals surface area (Å²) in [5.41, 5.74) is 0. The maximum Gasteiger partial charge on any atom is -0.000655 e. The first kappa shape index (κ1) is 45.9. The molecule has 0 atom stereocenters. The highest BCUT2D eigenvalue weighted by molar-refractivity contribution is 4.93. The lowest BCUT2D eigenvalue weighted by atomic mass is 10.1. The molecular weight excluding hydrogens is 569 g/mol. The fourth-order valence-electron chi connectivity index (χ4n) is 6.47. The summed E-state index contributed by atoms with van der Waals surface area (Å²) in [6.07, 6.45) is 55.0. The molecule has 0 bridgehead atoms. The number of nitrogens with zero attached hydrogens (tertiary/aromatic N) is 2.